The Morgan fingerprint density at radius 1 is 1.17 bits per heavy atom. The number of benzene rings is 1. The molecule has 0 saturated heterocycles. The maximum absolute atomic E-state index is 9.03. The molecule has 1 nitrogen and oxygen atoms in total. The molecule has 0 amide bonds. The predicted molar refractivity (Wildman–Crippen MR) is 109 cm³/mol. The maximum atomic E-state index is 9.03. The molecule has 0 bridgehead atoms. The number of aromatic nitrogens is 1. The van der Waals surface area contributed by atoms with Crippen LogP contribution in [-0.4, -0.2) is 13.3 Å². The van der Waals surface area contributed by atoms with Crippen molar-refractivity contribution in [3.63, 3.8) is 0 Å². The zero-order chi connectivity index (χ0) is 22.6. The van der Waals surface area contributed by atoms with Gasteiger partial charge in [-0.05, 0) is 0 Å². The van der Waals surface area contributed by atoms with Crippen LogP contribution in [0.3, 0.4) is 0 Å². The van der Waals surface area contributed by atoms with Crippen molar-refractivity contribution in [3.8, 4) is 11.3 Å². The van der Waals surface area contributed by atoms with Gasteiger partial charge >= 0.3 is 158 Å². The fraction of sp³-hybridized carbons (Fsp3) is 0.500. The summed E-state index contributed by atoms with van der Waals surface area (Å²) in [5.74, 6) is 6.42. The van der Waals surface area contributed by atoms with Gasteiger partial charge in [0.2, 0.25) is 0 Å². The van der Waals surface area contributed by atoms with Crippen LogP contribution in [0, 0.1) is 19.2 Å². The number of rotatable bonds is 3. The molecule has 0 aliphatic rings. The second-order valence-electron chi connectivity index (χ2n) is 8.67. The van der Waals surface area contributed by atoms with Crippen molar-refractivity contribution in [1.82, 2.24) is 0 Å². The third kappa shape index (κ3) is 4.11. The minimum absolute atomic E-state index is 0.286. The molecule has 0 fully saturated rings. The van der Waals surface area contributed by atoms with Crippen LogP contribution in [-0.2, 0) is 13.4 Å². The number of pyridine rings is 1. The van der Waals surface area contributed by atoms with Gasteiger partial charge in [-0.1, -0.05) is 0 Å². The van der Waals surface area contributed by atoms with Gasteiger partial charge in [0, 0.05) is 0 Å². The Hall–Kier alpha value is -1.09. The van der Waals surface area contributed by atoms with Gasteiger partial charge in [-0.2, -0.15) is 0 Å². The van der Waals surface area contributed by atoms with Crippen LogP contribution in [0.4, 0.5) is 0 Å². The van der Waals surface area contributed by atoms with Crippen molar-refractivity contribution in [2.75, 3.05) is 0 Å². The Morgan fingerprint density at radius 2 is 1.79 bits per heavy atom. The third-order valence-corrected chi connectivity index (χ3v) is 8.37. The van der Waals surface area contributed by atoms with Crippen molar-refractivity contribution in [2.24, 2.45) is 12.5 Å². The first-order valence-corrected chi connectivity index (χ1v) is 15.9. The minimum atomic E-state index is -2.79. The Bertz CT molecular complexity index is 919. The first-order chi connectivity index (χ1) is 12.9. The van der Waals surface area contributed by atoms with Gasteiger partial charge in [-0.3, -0.25) is 0 Å². The Labute approximate surface area is 158 Å². The second-order valence-corrected chi connectivity index (χ2v) is 19.2. The van der Waals surface area contributed by atoms with Crippen LogP contribution in [0.25, 0.3) is 11.3 Å². The number of nitrogens with zero attached hydrogens (tertiary/aromatic N) is 1. The van der Waals surface area contributed by atoms with E-state index in [1.165, 1.54) is 0 Å². The fourth-order valence-corrected chi connectivity index (χ4v) is 6.92. The van der Waals surface area contributed by atoms with Crippen LogP contribution >= 0.6 is 0 Å². The molecule has 2 aromatic rings. The van der Waals surface area contributed by atoms with Crippen molar-refractivity contribution < 1.29 is 11.4 Å². The molecule has 0 saturated carbocycles. The standard InChI is InChI=1S/C22H34GeN/c1-16-12-10-11-13-19(16)20-14-18(15-22(3,4)5)21(23(6,7)8)17(2)24(20)9/h10-14H,15H2,1-9H3/q+1/i2D3,15D2. The first-order valence-electron chi connectivity index (χ1n) is 11.0. The molecule has 0 unspecified atom stereocenters. The average Bonchev–Trinajstić information content (AvgIpc) is 2.51. The van der Waals surface area contributed by atoms with Crippen LogP contribution in [0.1, 0.15) is 44.4 Å². The molecule has 1 aromatic carbocycles. The van der Waals surface area contributed by atoms with Gasteiger partial charge in [0.1, 0.15) is 0 Å². The van der Waals surface area contributed by atoms with E-state index in [-0.39, 0.29) is 5.69 Å². The summed E-state index contributed by atoms with van der Waals surface area (Å²) >= 11 is -2.79. The number of aryl methyl sites for hydroxylation is 1. The monoisotopic (exact) mass is 391 g/mol. The van der Waals surface area contributed by atoms with E-state index in [9.17, 15) is 0 Å². The SMILES string of the molecule is [2H]C([2H])([2H])c1[c]([Ge]([CH3])([CH3])[CH3])c(C([2H])([2H])C(C)(C)C)cc(-c2ccccc2C)[n+]1C. The summed E-state index contributed by atoms with van der Waals surface area (Å²) in [5, 5.41) is 0. The van der Waals surface area contributed by atoms with E-state index in [1.807, 2.05) is 58.0 Å². The van der Waals surface area contributed by atoms with Crippen molar-refractivity contribution in [3.05, 3.63) is 47.2 Å². The molecular weight excluding hydrogens is 351 g/mol. The molecule has 0 aliphatic heterocycles. The molecule has 0 spiro atoms. The van der Waals surface area contributed by atoms with E-state index in [0.29, 0.717) is 5.56 Å². The predicted octanol–water partition coefficient (Wildman–Crippen LogP) is 4.93. The van der Waals surface area contributed by atoms with Gasteiger partial charge in [0.05, 0.1) is 0 Å². The Kier molecular flexibility index (Phi) is 3.66. The van der Waals surface area contributed by atoms with Gasteiger partial charge in [0.15, 0.2) is 0 Å². The normalized spacial score (nSPS) is 16.8. The van der Waals surface area contributed by atoms with Gasteiger partial charge in [0.25, 0.3) is 0 Å². The molecule has 2 heteroatoms. The van der Waals surface area contributed by atoms with Gasteiger partial charge in [-0.25, -0.2) is 0 Å². The van der Waals surface area contributed by atoms with Crippen molar-refractivity contribution in [1.29, 1.82) is 0 Å². The van der Waals surface area contributed by atoms with Gasteiger partial charge < -0.3 is 0 Å². The summed E-state index contributed by atoms with van der Waals surface area (Å²) in [6, 6.07) is 9.78. The molecule has 0 N–H and O–H groups in total. The number of hydrogen-bond donors (Lipinski definition) is 0. The number of hydrogen-bond acceptors (Lipinski definition) is 0. The summed E-state index contributed by atoms with van der Waals surface area (Å²) in [6.07, 6.45) is -1.67. The first kappa shape index (κ1) is 13.2. The van der Waals surface area contributed by atoms with E-state index in [1.54, 1.807) is 11.6 Å². The Balaban J connectivity index is 3.14. The summed E-state index contributed by atoms with van der Waals surface area (Å²) in [4.78, 5) is 0. The third-order valence-electron chi connectivity index (χ3n) is 4.16. The topological polar surface area (TPSA) is 3.88 Å². The van der Waals surface area contributed by atoms with Crippen LogP contribution < -0.4 is 8.96 Å². The van der Waals surface area contributed by atoms with Crippen molar-refractivity contribution in [2.45, 2.75) is 58.2 Å². The molecule has 130 valence electrons. The van der Waals surface area contributed by atoms with Crippen LogP contribution in [0.5, 0.6) is 0 Å². The van der Waals surface area contributed by atoms with Crippen LogP contribution in [0.15, 0.2) is 30.3 Å². The van der Waals surface area contributed by atoms with E-state index in [4.69, 9.17) is 6.85 Å². The van der Waals surface area contributed by atoms with Gasteiger partial charge in [-0.15, -0.1) is 0 Å². The van der Waals surface area contributed by atoms with E-state index in [2.05, 4.69) is 17.3 Å². The molecule has 2 rings (SSSR count). The summed E-state index contributed by atoms with van der Waals surface area (Å²) in [5.41, 5.74) is 2.86. The summed E-state index contributed by atoms with van der Waals surface area (Å²) in [6.45, 7) is 5.30. The van der Waals surface area contributed by atoms with E-state index in [0.717, 1.165) is 21.2 Å². The van der Waals surface area contributed by atoms with Crippen molar-refractivity contribution >= 4 is 17.7 Å². The quantitative estimate of drug-likeness (QED) is 0.517. The zero-order valence-electron chi connectivity index (χ0n) is 21.3. The molecule has 0 aliphatic carbocycles. The molecule has 0 atom stereocenters. The molecule has 24 heavy (non-hydrogen) atoms. The molecule has 1 aromatic heterocycles. The second kappa shape index (κ2) is 6.67. The molecular formula is C22H34GeN+. The van der Waals surface area contributed by atoms with Crippen LogP contribution in [0.2, 0.25) is 17.3 Å². The molecule has 1 heterocycles. The summed E-state index contributed by atoms with van der Waals surface area (Å²) in [7, 11) is 1.80. The fourth-order valence-electron chi connectivity index (χ4n) is 3.10. The average molecular weight is 390 g/mol. The molecule has 0 radical (unpaired) electrons. The Morgan fingerprint density at radius 3 is 2.29 bits per heavy atom. The zero-order valence-corrected chi connectivity index (χ0v) is 18.4. The van der Waals surface area contributed by atoms with E-state index >= 15 is 0 Å². The summed E-state index contributed by atoms with van der Waals surface area (Å²) < 4.78 is 45.6. The van der Waals surface area contributed by atoms with E-state index < -0.39 is 31.9 Å².